The molecule has 1 heterocycles. The third-order valence-electron chi connectivity index (χ3n) is 3.28. The van der Waals surface area contributed by atoms with E-state index in [2.05, 4.69) is 0 Å². The fraction of sp³-hybridized carbons (Fsp3) is 0.250. The lowest BCUT2D eigenvalue weighted by molar-refractivity contribution is -0.137. The zero-order valence-corrected chi connectivity index (χ0v) is 12.7. The van der Waals surface area contributed by atoms with E-state index in [1.165, 1.54) is 11.3 Å². The fourth-order valence-corrected chi connectivity index (χ4v) is 3.11. The topological polar surface area (TPSA) is 66.4 Å². The maximum Gasteiger partial charge on any atom is 0.249 e. The Labute approximate surface area is 127 Å². The summed E-state index contributed by atoms with van der Waals surface area (Å²) in [5.74, 6) is -0.464. The quantitative estimate of drug-likeness (QED) is 0.507. The zero-order chi connectivity index (χ0) is 15.5. The summed E-state index contributed by atoms with van der Waals surface area (Å²) in [5.41, 5.74) is 2.22. The average Bonchev–Trinajstić information content (AvgIpc) is 2.94. The van der Waals surface area contributed by atoms with Crippen molar-refractivity contribution in [1.82, 2.24) is 5.48 Å². The molecule has 21 heavy (non-hydrogen) atoms. The van der Waals surface area contributed by atoms with Gasteiger partial charge in [-0.3, -0.25) is 14.8 Å². The summed E-state index contributed by atoms with van der Waals surface area (Å²) < 4.78 is 0. The predicted octanol–water partition coefficient (Wildman–Crippen LogP) is 3.05. The van der Waals surface area contributed by atoms with E-state index in [9.17, 15) is 9.59 Å². The van der Waals surface area contributed by atoms with Gasteiger partial charge in [-0.2, -0.15) is 0 Å². The van der Waals surface area contributed by atoms with Gasteiger partial charge < -0.3 is 0 Å². The highest BCUT2D eigenvalue weighted by Gasteiger charge is 2.28. The Bertz CT molecular complexity index is 647. The van der Waals surface area contributed by atoms with Crippen molar-refractivity contribution in [2.75, 3.05) is 0 Å². The van der Waals surface area contributed by atoms with Gasteiger partial charge in [0.15, 0.2) is 5.78 Å². The number of hydroxylamine groups is 1. The molecule has 0 saturated carbocycles. The van der Waals surface area contributed by atoms with E-state index in [1.54, 1.807) is 36.8 Å². The van der Waals surface area contributed by atoms with Crippen molar-refractivity contribution in [2.24, 2.45) is 5.41 Å². The van der Waals surface area contributed by atoms with Gasteiger partial charge in [-0.1, -0.05) is 44.2 Å². The van der Waals surface area contributed by atoms with Crippen LogP contribution in [0.4, 0.5) is 0 Å². The molecule has 5 heteroatoms. The van der Waals surface area contributed by atoms with E-state index < -0.39 is 11.3 Å². The van der Waals surface area contributed by atoms with Crippen LogP contribution in [0.2, 0.25) is 0 Å². The summed E-state index contributed by atoms with van der Waals surface area (Å²) in [6, 6.07) is 10.9. The first kappa shape index (κ1) is 15.4. The molecule has 0 spiro atoms. The first-order chi connectivity index (χ1) is 9.94. The van der Waals surface area contributed by atoms with E-state index in [1.807, 2.05) is 24.3 Å². The minimum atomic E-state index is -0.729. The molecule has 1 aromatic carbocycles. The second-order valence-corrected chi connectivity index (χ2v) is 6.49. The minimum absolute atomic E-state index is 0.0254. The van der Waals surface area contributed by atoms with Gasteiger partial charge in [-0.05, 0) is 12.5 Å². The normalized spacial score (nSPS) is 11.2. The molecule has 110 valence electrons. The largest absolute Gasteiger partial charge is 0.289 e. The summed E-state index contributed by atoms with van der Waals surface area (Å²) in [7, 11) is 0. The molecule has 1 amide bonds. The molecule has 0 aliphatic heterocycles. The molecule has 1 aromatic heterocycles. The highest BCUT2D eigenvalue weighted by Crippen LogP contribution is 2.27. The molecule has 0 unspecified atom stereocenters. The Kier molecular flexibility index (Phi) is 4.55. The van der Waals surface area contributed by atoms with Crippen LogP contribution in [0.3, 0.4) is 0 Å². The van der Waals surface area contributed by atoms with Gasteiger partial charge in [-0.15, -0.1) is 11.3 Å². The summed E-state index contributed by atoms with van der Waals surface area (Å²) in [4.78, 5) is 24.8. The maximum absolute atomic E-state index is 12.3. The van der Waals surface area contributed by atoms with Crippen LogP contribution in [0.1, 0.15) is 34.6 Å². The van der Waals surface area contributed by atoms with Crippen molar-refractivity contribution < 1.29 is 14.8 Å². The lowest BCUT2D eigenvalue weighted by Crippen LogP contribution is -2.36. The number of nitrogens with one attached hydrogen (secondary N) is 1. The van der Waals surface area contributed by atoms with Crippen LogP contribution in [-0.4, -0.2) is 16.9 Å². The van der Waals surface area contributed by atoms with Crippen molar-refractivity contribution in [3.05, 3.63) is 57.8 Å². The average molecular weight is 303 g/mol. The number of hydrogen-bond donors (Lipinski definition) is 2. The highest BCUT2D eigenvalue weighted by atomic mass is 32.1. The molecule has 0 aliphatic rings. The number of thiophene rings is 1. The van der Waals surface area contributed by atoms with Crippen molar-refractivity contribution >= 4 is 23.0 Å². The van der Waals surface area contributed by atoms with Crippen LogP contribution in [0.5, 0.6) is 0 Å². The standard InChI is InChI=1S/C16H17NO3S/c1-16(2,15(19)17-20)9-13-8-12(10-21-13)14(18)11-6-4-3-5-7-11/h3-8,10,20H,9H2,1-2H3,(H,17,19). The van der Waals surface area contributed by atoms with Crippen molar-refractivity contribution in [3.63, 3.8) is 0 Å². The Hall–Kier alpha value is -1.98. The number of rotatable bonds is 5. The van der Waals surface area contributed by atoms with E-state index >= 15 is 0 Å². The monoisotopic (exact) mass is 303 g/mol. The number of benzene rings is 1. The molecule has 0 bridgehead atoms. The van der Waals surface area contributed by atoms with Crippen LogP contribution < -0.4 is 5.48 Å². The van der Waals surface area contributed by atoms with Crippen molar-refractivity contribution in [1.29, 1.82) is 0 Å². The molecule has 0 atom stereocenters. The van der Waals surface area contributed by atoms with Gasteiger partial charge >= 0.3 is 0 Å². The molecule has 0 aliphatic carbocycles. The van der Waals surface area contributed by atoms with E-state index in [-0.39, 0.29) is 5.78 Å². The van der Waals surface area contributed by atoms with Crippen LogP contribution >= 0.6 is 11.3 Å². The zero-order valence-electron chi connectivity index (χ0n) is 11.9. The van der Waals surface area contributed by atoms with E-state index in [4.69, 9.17) is 5.21 Å². The van der Waals surface area contributed by atoms with Crippen molar-refractivity contribution in [2.45, 2.75) is 20.3 Å². The van der Waals surface area contributed by atoms with Crippen LogP contribution in [-0.2, 0) is 11.2 Å². The summed E-state index contributed by atoms with van der Waals surface area (Å²) in [5, 5.41) is 10.5. The highest BCUT2D eigenvalue weighted by molar-refractivity contribution is 7.10. The Balaban J connectivity index is 2.15. The number of carbonyl (C=O) groups excluding carboxylic acids is 2. The number of amides is 1. The summed E-state index contributed by atoms with van der Waals surface area (Å²) in [6.45, 7) is 3.49. The fourth-order valence-electron chi connectivity index (χ4n) is 2.02. The number of ketones is 1. The molecule has 2 N–H and O–H groups in total. The second kappa shape index (κ2) is 6.20. The molecule has 4 nitrogen and oxygen atoms in total. The lowest BCUT2D eigenvalue weighted by atomic mass is 9.87. The minimum Gasteiger partial charge on any atom is -0.289 e. The van der Waals surface area contributed by atoms with Crippen LogP contribution in [0.15, 0.2) is 41.8 Å². The van der Waals surface area contributed by atoms with Gasteiger partial charge in [0.25, 0.3) is 0 Å². The Morgan fingerprint density at radius 2 is 1.86 bits per heavy atom. The maximum atomic E-state index is 12.3. The first-order valence-corrected chi connectivity index (χ1v) is 7.44. The van der Waals surface area contributed by atoms with Gasteiger partial charge in [0.05, 0.1) is 5.41 Å². The van der Waals surface area contributed by atoms with Gasteiger partial charge in [0.1, 0.15) is 0 Å². The van der Waals surface area contributed by atoms with Crippen LogP contribution in [0.25, 0.3) is 0 Å². The lowest BCUT2D eigenvalue weighted by Gasteiger charge is -2.20. The summed E-state index contributed by atoms with van der Waals surface area (Å²) in [6.07, 6.45) is 0.464. The predicted molar refractivity (Wildman–Crippen MR) is 81.6 cm³/mol. The Morgan fingerprint density at radius 3 is 2.48 bits per heavy atom. The van der Waals surface area contributed by atoms with Gasteiger partial charge in [-0.25, -0.2) is 5.48 Å². The second-order valence-electron chi connectivity index (χ2n) is 5.50. The SMILES string of the molecule is CC(C)(Cc1cc(C(=O)c2ccccc2)cs1)C(=O)NO. The van der Waals surface area contributed by atoms with Crippen molar-refractivity contribution in [3.8, 4) is 0 Å². The molecular formula is C16H17NO3S. The molecule has 0 fully saturated rings. The van der Waals surface area contributed by atoms with Gasteiger partial charge in [0, 0.05) is 21.4 Å². The third-order valence-corrected chi connectivity index (χ3v) is 4.22. The van der Waals surface area contributed by atoms with Gasteiger partial charge in [0.2, 0.25) is 5.91 Å². The first-order valence-electron chi connectivity index (χ1n) is 6.56. The van der Waals surface area contributed by atoms with E-state index in [0.29, 0.717) is 17.5 Å². The molecule has 0 saturated heterocycles. The summed E-state index contributed by atoms with van der Waals surface area (Å²) >= 11 is 1.44. The van der Waals surface area contributed by atoms with E-state index in [0.717, 1.165) is 4.88 Å². The molecule has 2 aromatic rings. The smallest absolute Gasteiger partial charge is 0.249 e. The third kappa shape index (κ3) is 3.56. The number of carbonyl (C=O) groups is 2. The Morgan fingerprint density at radius 1 is 1.19 bits per heavy atom. The number of hydrogen-bond acceptors (Lipinski definition) is 4. The molecular weight excluding hydrogens is 286 g/mol. The molecule has 2 rings (SSSR count). The molecule has 0 radical (unpaired) electrons. The van der Waals surface area contributed by atoms with Crippen LogP contribution in [0, 0.1) is 5.41 Å².